The number of amides is 1. The predicted octanol–water partition coefficient (Wildman–Crippen LogP) is 4.64. The van der Waals surface area contributed by atoms with Crippen LogP contribution in [-0.2, 0) is 0 Å². The van der Waals surface area contributed by atoms with E-state index in [1.54, 1.807) is 0 Å². The van der Waals surface area contributed by atoms with Gasteiger partial charge in [0.05, 0.1) is 11.0 Å². The number of nitrogens with one attached hydrogen (secondary N) is 1. The molecule has 1 amide bonds. The Morgan fingerprint density at radius 3 is 2.63 bits per heavy atom. The van der Waals surface area contributed by atoms with Gasteiger partial charge in [-0.2, -0.15) is 0 Å². The maximum absolute atomic E-state index is 13.0. The lowest BCUT2D eigenvalue weighted by Gasteiger charge is -2.30. The molecule has 1 fully saturated rings. The highest BCUT2D eigenvalue weighted by Gasteiger charge is 2.29. The number of rotatable bonds is 2. The number of carbonyl (C=O) groups is 1. The van der Waals surface area contributed by atoms with E-state index in [0.29, 0.717) is 11.7 Å². The highest BCUT2D eigenvalue weighted by Crippen LogP contribution is 2.30. The van der Waals surface area contributed by atoms with Crippen LogP contribution in [0.5, 0.6) is 0 Å². The first-order chi connectivity index (χ1) is 13.2. The molecule has 0 aliphatic carbocycles. The van der Waals surface area contributed by atoms with Crippen LogP contribution in [0.15, 0.2) is 52.9 Å². The first-order valence-corrected chi connectivity index (χ1v) is 9.43. The van der Waals surface area contributed by atoms with Crippen LogP contribution in [0.3, 0.4) is 0 Å². The van der Waals surface area contributed by atoms with Crippen LogP contribution in [0.25, 0.3) is 22.0 Å². The predicted molar refractivity (Wildman–Crippen MR) is 105 cm³/mol. The smallest absolute Gasteiger partial charge is 0.289 e. The fourth-order valence-corrected chi connectivity index (χ4v) is 4.04. The Morgan fingerprint density at radius 2 is 1.85 bits per heavy atom. The van der Waals surface area contributed by atoms with Gasteiger partial charge in [-0.1, -0.05) is 30.3 Å². The molecule has 1 N–H and O–H groups in total. The van der Waals surface area contributed by atoms with E-state index in [1.807, 2.05) is 54.3 Å². The molecule has 0 bridgehead atoms. The second-order valence-electron chi connectivity index (χ2n) is 7.26. The van der Waals surface area contributed by atoms with Gasteiger partial charge in [0.2, 0.25) is 0 Å². The molecule has 3 heterocycles. The average Bonchev–Trinajstić information content (AvgIpc) is 3.29. The van der Waals surface area contributed by atoms with Crippen LogP contribution in [0.4, 0.5) is 0 Å². The van der Waals surface area contributed by atoms with E-state index in [4.69, 9.17) is 9.40 Å². The van der Waals surface area contributed by atoms with Gasteiger partial charge in [-0.25, -0.2) is 4.98 Å². The normalized spacial score (nSPS) is 15.7. The first-order valence-electron chi connectivity index (χ1n) is 9.43. The van der Waals surface area contributed by atoms with Crippen molar-refractivity contribution in [1.29, 1.82) is 0 Å². The standard InChI is InChI=1S/C22H21N3O2/c1-14-16-6-2-5-9-19(16)27-20(14)22(26)25-12-10-15(11-13-25)21-23-17-7-3-4-8-18(17)24-21/h2-9,15H,10-13H2,1H3,(H,23,24). The van der Waals surface area contributed by atoms with Gasteiger partial charge in [0.1, 0.15) is 11.4 Å². The molecule has 1 aliphatic rings. The van der Waals surface area contributed by atoms with E-state index >= 15 is 0 Å². The summed E-state index contributed by atoms with van der Waals surface area (Å²) in [6.07, 6.45) is 1.82. The molecule has 0 unspecified atom stereocenters. The zero-order valence-corrected chi connectivity index (χ0v) is 15.2. The number of aromatic nitrogens is 2. The number of furan rings is 1. The molecule has 2 aromatic heterocycles. The summed E-state index contributed by atoms with van der Waals surface area (Å²) >= 11 is 0. The molecule has 2 aromatic carbocycles. The van der Waals surface area contributed by atoms with Crippen LogP contribution in [0.1, 0.15) is 40.7 Å². The monoisotopic (exact) mass is 359 g/mol. The summed E-state index contributed by atoms with van der Waals surface area (Å²) in [5, 5.41) is 1.01. The Bertz CT molecular complexity index is 1100. The molecule has 27 heavy (non-hydrogen) atoms. The van der Waals surface area contributed by atoms with Crippen molar-refractivity contribution in [3.63, 3.8) is 0 Å². The van der Waals surface area contributed by atoms with E-state index in [2.05, 4.69) is 11.1 Å². The lowest BCUT2D eigenvalue weighted by molar-refractivity contribution is 0.0680. The number of imidazole rings is 1. The van der Waals surface area contributed by atoms with Crippen molar-refractivity contribution in [2.75, 3.05) is 13.1 Å². The van der Waals surface area contributed by atoms with Crippen LogP contribution >= 0.6 is 0 Å². The van der Waals surface area contributed by atoms with Crippen LogP contribution in [-0.4, -0.2) is 33.9 Å². The zero-order valence-electron chi connectivity index (χ0n) is 15.2. The molecule has 5 nitrogen and oxygen atoms in total. The molecule has 0 atom stereocenters. The summed E-state index contributed by atoms with van der Waals surface area (Å²) in [6.45, 7) is 3.40. The van der Waals surface area contributed by atoms with Crippen LogP contribution in [0, 0.1) is 6.92 Å². The third-order valence-corrected chi connectivity index (χ3v) is 5.61. The topological polar surface area (TPSA) is 62.1 Å². The van der Waals surface area contributed by atoms with E-state index in [-0.39, 0.29) is 5.91 Å². The van der Waals surface area contributed by atoms with Gasteiger partial charge >= 0.3 is 0 Å². The van der Waals surface area contributed by atoms with Crippen molar-refractivity contribution in [1.82, 2.24) is 14.9 Å². The Morgan fingerprint density at radius 1 is 1.11 bits per heavy atom. The third-order valence-electron chi connectivity index (χ3n) is 5.61. The molecule has 1 aliphatic heterocycles. The highest BCUT2D eigenvalue weighted by atomic mass is 16.3. The van der Waals surface area contributed by atoms with Crippen molar-refractivity contribution in [2.24, 2.45) is 0 Å². The summed E-state index contributed by atoms with van der Waals surface area (Å²) in [5.74, 6) is 1.85. The summed E-state index contributed by atoms with van der Waals surface area (Å²) in [7, 11) is 0. The molecule has 0 spiro atoms. The Hall–Kier alpha value is -3.08. The van der Waals surface area contributed by atoms with E-state index in [1.165, 1.54) is 0 Å². The number of hydrogen-bond donors (Lipinski definition) is 1. The Balaban J connectivity index is 1.33. The SMILES string of the molecule is Cc1c(C(=O)N2CCC(c3nc4ccccc4[nH]3)CC2)oc2ccccc12. The first kappa shape index (κ1) is 16.1. The van der Waals surface area contributed by atoms with E-state index in [0.717, 1.165) is 59.3 Å². The second kappa shape index (κ2) is 6.27. The summed E-state index contributed by atoms with van der Waals surface area (Å²) in [4.78, 5) is 23.1. The number of nitrogens with zero attached hydrogens (tertiary/aromatic N) is 2. The number of para-hydroxylation sites is 3. The maximum atomic E-state index is 13.0. The van der Waals surface area contributed by atoms with Gasteiger partial charge in [-0.3, -0.25) is 4.79 Å². The number of H-pyrrole nitrogens is 1. The van der Waals surface area contributed by atoms with Gasteiger partial charge < -0.3 is 14.3 Å². The number of aryl methyl sites for hydroxylation is 1. The minimum Gasteiger partial charge on any atom is -0.451 e. The minimum atomic E-state index is -0.00763. The molecular weight excluding hydrogens is 338 g/mol. The van der Waals surface area contributed by atoms with Gasteiger partial charge in [-0.15, -0.1) is 0 Å². The molecule has 5 rings (SSSR count). The third kappa shape index (κ3) is 2.70. The lowest BCUT2D eigenvalue weighted by atomic mass is 9.96. The van der Waals surface area contributed by atoms with Gasteiger partial charge in [-0.05, 0) is 38.0 Å². The van der Waals surface area contributed by atoms with Crippen LogP contribution < -0.4 is 0 Å². The number of hydrogen-bond acceptors (Lipinski definition) is 3. The largest absolute Gasteiger partial charge is 0.451 e. The lowest BCUT2D eigenvalue weighted by Crippen LogP contribution is -2.38. The average molecular weight is 359 g/mol. The molecule has 1 saturated heterocycles. The molecule has 4 aromatic rings. The Kier molecular flexibility index (Phi) is 3.74. The van der Waals surface area contributed by atoms with Crippen molar-refractivity contribution in [3.05, 3.63) is 65.7 Å². The van der Waals surface area contributed by atoms with Crippen molar-refractivity contribution in [3.8, 4) is 0 Å². The fourth-order valence-electron chi connectivity index (χ4n) is 4.04. The van der Waals surface area contributed by atoms with Gasteiger partial charge in [0.15, 0.2) is 5.76 Å². The van der Waals surface area contributed by atoms with Crippen molar-refractivity contribution >= 4 is 27.9 Å². The number of carbonyl (C=O) groups excluding carboxylic acids is 1. The van der Waals surface area contributed by atoms with Crippen LogP contribution in [0.2, 0.25) is 0 Å². The van der Waals surface area contributed by atoms with Crippen molar-refractivity contribution < 1.29 is 9.21 Å². The maximum Gasteiger partial charge on any atom is 0.289 e. The molecular formula is C22H21N3O2. The van der Waals surface area contributed by atoms with E-state index in [9.17, 15) is 4.79 Å². The summed E-state index contributed by atoms with van der Waals surface area (Å²) in [5.41, 5.74) is 3.78. The molecule has 0 radical (unpaired) electrons. The summed E-state index contributed by atoms with van der Waals surface area (Å²) < 4.78 is 5.86. The zero-order chi connectivity index (χ0) is 18.4. The van der Waals surface area contributed by atoms with Gasteiger partial charge in [0, 0.05) is 30.0 Å². The number of likely N-dealkylation sites (tertiary alicyclic amines) is 1. The molecule has 0 saturated carbocycles. The second-order valence-corrected chi connectivity index (χ2v) is 7.26. The quantitative estimate of drug-likeness (QED) is 0.567. The molecule has 5 heteroatoms. The van der Waals surface area contributed by atoms with Crippen molar-refractivity contribution in [2.45, 2.75) is 25.7 Å². The number of aromatic amines is 1. The van der Waals surface area contributed by atoms with Gasteiger partial charge in [0.25, 0.3) is 5.91 Å². The number of piperidine rings is 1. The highest BCUT2D eigenvalue weighted by molar-refractivity contribution is 5.99. The van der Waals surface area contributed by atoms with E-state index < -0.39 is 0 Å². The summed E-state index contributed by atoms with van der Waals surface area (Å²) in [6, 6.07) is 15.9. The molecule has 136 valence electrons. The number of benzene rings is 2. The Labute approximate surface area is 157 Å². The fraction of sp³-hybridized carbons (Fsp3) is 0.273. The number of fused-ring (bicyclic) bond motifs is 2. The minimum absolute atomic E-state index is 0.00763.